The van der Waals surface area contributed by atoms with Gasteiger partial charge in [-0.25, -0.2) is 0 Å². The third-order valence-corrected chi connectivity index (χ3v) is 9.79. The van der Waals surface area contributed by atoms with Gasteiger partial charge in [0.2, 0.25) is 0 Å². The number of alkyl halides is 2. The first-order valence-corrected chi connectivity index (χ1v) is 13.3. The monoisotopic (exact) mass is 539 g/mol. The minimum absolute atomic E-state index is 0.215. The zero-order chi connectivity index (χ0) is 20.8. The zero-order valence-electron chi connectivity index (χ0n) is 16.0. The number of allylic oxidation sites excluding steroid dienone is 3. The van der Waals surface area contributed by atoms with Gasteiger partial charge in [0.15, 0.2) is 0 Å². The van der Waals surface area contributed by atoms with Crippen LogP contribution in [0.4, 0.5) is 5.69 Å². The van der Waals surface area contributed by atoms with Gasteiger partial charge in [-0.3, -0.25) is 0 Å². The molecule has 0 radical (unpaired) electrons. The van der Waals surface area contributed by atoms with Crippen LogP contribution in [0.2, 0.25) is 0 Å². The van der Waals surface area contributed by atoms with E-state index >= 15 is 0 Å². The van der Waals surface area contributed by atoms with Gasteiger partial charge in [-0.2, -0.15) is 0 Å². The molecule has 28 heavy (non-hydrogen) atoms. The van der Waals surface area contributed by atoms with Crippen molar-refractivity contribution in [2.24, 2.45) is 5.73 Å². The second-order valence-corrected chi connectivity index (χ2v) is 11.3. The molecule has 0 fully saturated rings. The van der Waals surface area contributed by atoms with Crippen LogP contribution in [0.5, 0.6) is 0 Å². The summed E-state index contributed by atoms with van der Waals surface area (Å²) in [6.45, 7) is 3.58. The maximum atomic E-state index is 12.7. The van der Waals surface area contributed by atoms with E-state index in [1.807, 2.05) is 20.0 Å². The van der Waals surface area contributed by atoms with Crippen molar-refractivity contribution >= 4 is 60.8 Å². The first kappa shape index (κ1) is 22.8. The Kier molecular flexibility index (Phi) is 8.45. The van der Waals surface area contributed by atoms with Crippen molar-refractivity contribution in [3.8, 4) is 0 Å². The van der Waals surface area contributed by atoms with Crippen molar-refractivity contribution in [2.45, 2.75) is 26.4 Å². The van der Waals surface area contributed by atoms with E-state index in [9.17, 15) is 9.59 Å². The van der Waals surface area contributed by atoms with E-state index in [1.54, 1.807) is 31.2 Å². The van der Waals surface area contributed by atoms with Gasteiger partial charge in [-0.1, -0.05) is 0 Å². The summed E-state index contributed by atoms with van der Waals surface area (Å²) in [5.74, 6) is 0.0680. The molecule has 3 N–H and O–H groups in total. The number of nitrogens with zero attached hydrogens (tertiary/aromatic N) is 1. The van der Waals surface area contributed by atoms with Gasteiger partial charge < -0.3 is 0 Å². The summed E-state index contributed by atoms with van der Waals surface area (Å²) in [5, 5.41) is 0.525. The standard InChI is InChI=1S/C19H24Cl2IN3O3/c1-4-14(21)17(6-5-9-20)28-12(2)19(27)24-22-11-25(3)16-8-7-13(18(23)26)10-15(16)22/h5-8,10,12H,4,9,11H2,1-3H3,(H2,23,26)(H,24,27)/b6-5-,17-14-. The number of ether oxygens (including phenoxy) is 1. The molecule has 0 saturated heterocycles. The Balaban J connectivity index is 2.14. The zero-order valence-corrected chi connectivity index (χ0v) is 19.6. The van der Waals surface area contributed by atoms with E-state index in [2.05, 4.69) is 8.43 Å². The topological polar surface area (TPSA) is 84.7 Å². The Morgan fingerprint density at radius 2 is 2.18 bits per heavy atom. The molecule has 1 aromatic carbocycles. The molecule has 1 aliphatic heterocycles. The Morgan fingerprint density at radius 1 is 1.46 bits per heavy atom. The Labute approximate surface area is 182 Å². The van der Waals surface area contributed by atoms with Gasteiger partial charge in [0.25, 0.3) is 0 Å². The van der Waals surface area contributed by atoms with Gasteiger partial charge in [0.05, 0.1) is 0 Å². The SMILES string of the molecule is CC/C(Cl)=C(\C=C/CCl)OC(C)C(=O)NI1CN(C)c2ccc(C(N)=O)cc21. The molecule has 0 bridgehead atoms. The number of nitrogens with two attached hydrogens (primary N) is 1. The molecule has 1 heterocycles. The average molecular weight is 540 g/mol. The number of primary amides is 1. The number of fused-ring (bicyclic) bond motifs is 1. The molecule has 0 aliphatic carbocycles. The van der Waals surface area contributed by atoms with Gasteiger partial charge in [-0.05, 0) is 0 Å². The van der Waals surface area contributed by atoms with E-state index < -0.39 is 32.1 Å². The number of carbonyl (C=O) groups excluding carboxylic acids is 2. The first-order valence-electron chi connectivity index (χ1n) is 8.67. The predicted molar refractivity (Wildman–Crippen MR) is 123 cm³/mol. The van der Waals surface area contributed by atoms with Crippen molar-refractivity contribution in [3.63, 3.8) is 0 Å². The Hall–Kier alpha value is -1.45. The van der Waals surface area contributed by atoms with Crippen molar-refractivity contribution in [1.29, 1.82) is 0 Å². The molecule has 0 spiro atoms. The molecule has 1 aliphatic rings. The second-order valence-electron chi connectivity index (χ2n) is 6.11. The summed E-state index contributed by atoms with van der Waals surface area (Å²) in [7, 11) is 1.96. The van der Waals surface area contributed by atoms with Crippen molar-refractivity contribution in [3.05, 3.63) is 50.3 Å². The molecule has 1 unspecified atom stereocenters. The van der Waals surface area contributed by atoms with E-state index in [4.69, 9.17) is 33.7 Å². The Morgan fingerprint density at radius 3 is 2.79 bits per heavy atom. The number of benzene rings is 1. The molecule has 1 aromatic rings. The van der Waals surface area contributed by atoms with Gasteiger partial charge >= 0.3 is 183 Å². The fourth-order valence-corrected chi connectivity index (χ4v) is 7.96. The summed E-state index contributed by atoms with van der Waals surface area (Å²) in [5.41, 5.74) is 6.86. The summed E-state index contributed by atoms with van der Waals surface area (Å²) < 4.78 is 10.7. The number of carbonyl (C=O) groups is 2. The molecule has 0 saturated carbocycles. The molecule has 2 rings (SSSR count). The van der Waals surface area contributed by atoms with E-state index in [1.165, 1.54) is 0 Å². The fourth-order valence-electron chi connectivity index (χ4n) is 2.49. The molecular formula is C19H24Cl2IN3O3. The number of nitrogens with one attached hydrogen (secondary N) is 1. The number of rotatable bonds is 8. The van der Waals surface area contributed by atoms with Crippen LogP contribution in [-0.4, -0.2) is 35.4 Å². The van der Waals surface area contributed by atoms with E-state index in [-0.39, 0.29) is 5.91 Å². The van der Waals surface area contributed by atoms with Crippen LogP contribution in [0.1, 0.15) is 30.6 Å². The molecule has 9 heteroatoms. The van der Waals surface area contributed by atoms with E-state index in [0.29, 0.717) is 28.7 Å². The fraction of sp³-hybridized carbons (Fsp3) is 0.368. The Bertz CT molecular complexity index is 814. The van der Waals surface area contributed by atoms with Crippen LogP contribution >= 0.6 is 43.3 Å². The average Bonchev–Trinajstić information content (AvgIpc) is 2.99. The predicted octanol–water partition coefficient (Wildman–Crippen LogP) is 3.96. The van der Waals surface area contributed by atoms with E-state index in [0.717, 1.165) is 13.8 Å². The van der Waals surface area contributed by atoms with Crippen molar-refractivity contribution < 1.29 is 14.3 Å². The second kappa shape index (κ2) is 10.4. The third kappa shape index (κ3) is 5.55. The number of anilines is 1. The maximum absolute atomic E-state index is 12.7. The van der Waals surface area contributed by atoms with Gasteiger partial charge in [-0.15, -0.1) is 0 Å². The van der Waals surface area contributed by atoms with Gasteiger partial charge in [0, 0.05) is 0 Å². The summed E-state index contributed by atoms with van der Waals surface area (Å²) in [6.07, 6.45) is 3.26. The quantitative estimate of drug-likeness (QED) is 0.131. The van der Waals surface area contributed by atoms with Crippen LogP contribution in [0.3, 0.4) is 0 Å². The molecule has 6 nitrogen and oxygen atoms in total. The summed E-state index contributed by atoms with van der Waals surface area (Å²) >= 11 is 9.82. The van der Waals surface area contributed by atoms with Crippen molar-refractivity contribution in [1.82, 2.24) is 3.53 Å². The minimum atomic E-state index is -2.07. The first-order chi connectivity index (χ1) is 13.3. The number of hydrogen-bond acceptors (Lipinski definition) is 4. The number of halogens is 3. The number of amides is 2. The van der Waals surface area contributed by atoms with Gasteiger partial charge in [0.1, 0.15) is 0 Å². The molecule has 2 amide bonds. The van der Waals surface area contributed by atoms with Crippen LogP contribution in [0.25, 0.3) is 0 Å². The van der Waals surface area contributed by atoms with Crippen molar-refractivity contribution in [2.75, 3.05) is 22.4 Å². The van der Waals surface area contributed by atoms with Crippen LogP contribution in [0.15, 0.2) is 41.1 Å². The summed E-state index contributed by atoms with van der Waals surface area (Å²) in [6, 6.07) is 5.37. The van der Waals surface area contributed by atoms with Crippen LogP contribution in [0, 0.1) is 3.57 Å². The molecule has 154 valence electrons. The molecular weight excluding hydrogens is 516 g/mol. The molecule has 0 aromatic heterocycles. The normalized spacial score (nSPS) is 16.6. The molecule has 1 atom stereocenters. The number of hydrogen-bond donors (Lipinski definition) is 2. The van der Waals surface area contributed by atoms with Crippen LogP contribution in [-0.2, 0) is 9.53 Å². The van der Waals surface area contributed by atoms with Crippen LogP contribution < -0.4 is 14.2 Å². The summed E-state index contributed by atoms with van der Waals surface area (Å²) in [4.78, 5) is 26.3. The third-order valence-electron chi connectivity index (χ3n) is 4.00.